The molecule has 0 unspecified atom stereocenters. The van der Waals surface area contributed by atoms with E-state index in [-0.39, 0.29) is 11.7 Å². The van der Waals surface area contributed by atoms with Crippen molar-refractivity contribution < 1.29 is 19.2 Å². The van der Waals surface area contributed by atoms with E-state index in [1.807, 2.05) is 18.2 Å². The number of carbonyl (C=O) groups excluding carboxylic acids is 2. The summed E-state index contributed by atoms with van der Waals surface area (Å²) in [5.41, 5.74) is 2.86. The number of hydrogen-bond acceptors (Lipinski definition) is 5. The number of thiophene rings is 1. The van der Waals surface area contributed by atoms with Crippen LogP contribution in [0.5, 0.6) is 0 Å². The Labute approximate surface area is 145 Å². The molecule has 2 amide bonds. The summed E-state index contributed by atoms with van der Waals surface area (Å²) in [6, 6.07) is 16.1. The van der Waals surface area contributed by atoms with Crippen molar-refractivity contribution in [3.05, 3.63) is 65.2 Å². The third kappa shape index (κ3) is 2.86. The molecule has 124 valence electrons. The molecule has 0 aliphatic heterocycles. The average molecular weight is 352 g/mol. The molecule has 0 atom stereocenters. The summed E-state index contributed by atoms with van der Waals surface area (Å²) in [6.45, 7) is 0. The topological polar surface area (TPSA) is 91.6 Å². The predicted octanol–water partition coefficient (Wildman–Crippen LogP) is 4.02. The van der Waals surface area contributed by atoms with Crippen molar-refractivity contribution in [3.63, 3.8) is 0 Å². The number of rotatable bonds is 3. The van der Waals surface area contributed by atoms with E-state index in [1.54, 1.807) is 41.9 Å². The molecule has 0 aliphatic rings. The van der Waals surface area contributed by atoms with Gasteiger partial charge in [-0.05, 0) is 35.7 Å². The Hall–Kier alpha value is -3.16. The molecule has 0 radical (unpaired) electrons. The highest BCUT2D eigenvalue weighted by Crippen LogP contribution is 2.29. The Morgan fingerprint density at radius 3 is 2.60 bits per heavy atom. The first-order valence-corrected chi connectivity index (χ1v) is 8.23. The molecule has 4 rings (SSSR count). The van der Waals surface area contributed by atoms with Gasteiger partial charge in [0.05, 0.1) is 4.88 Å². The number of anilines is 1. The highest BCUT2D eigenvalue weighted by Gasteiger charge is 2.14. The van der Waals surface area contributed by atoms with Gasteiger partial charge in [-0.2, -0.15) is 0 Å². The van der Waals surface area contributed by atoms with E-state index in [0.29, 0.717) is 16.1 Å². The first-order valence-electron chi connectivity index (χ1n) is 7.42. The van der Waals surface area contributed by atoms with Gasteiger partial charge < -0.3 is 9.73 Å². The predicted molar refractivity (Wildman–Crippen MR) is 95.2 cm³/mol. The lowest BCUT2D eigenvalue weighted by Gasteiger charge is -2.02. The number of fused-ring (bicyclic) bond motifs is 2. The van der Waals surface area contributed by atoms with E-state index >= 15 is 0 Å². The molecule has 0 saturated carbocycles. The maximum absolute atomic E-state index is 12.4. The van der Waals surface area contributed by atoms with Gasteiger partial charge in [0.1, 0.15) is 5.58 Å². The van der Waals surface area contributed by atoms with Crippen molar-refractivity contribution in [1.82, 2.24) is 5.48 Å². The fourth-order valence-electron chi connectivity index (χ4n) is 2.56. The first kappa shape index (κ1) is 15.4. The summed E-state index contributed by atoms with van der Waals surface area (Å²) in [4.78, 5) is 24.3. The van der Waals surface area contributed by atoms with Crippen LogP contribution in [0.3, 0.4) is 0 Å². The normalized spacial score (nSPS) is 10.9. The molecule has 0 saturated heterocycles. The van der Waals surface area contributed by atoms with Crippen LogP contribution in [-0.2, 0) is 0 Å². The lowest BCUT2D eigenvalue weighted by atomic mass is 10.2. The molecule has 2 aromatic carbocycles. The van der Waals surface area contributed by atoms with Crippen LogP contribution in [0.4, 0.5) is 5.69 Å². The quantitative estimate of drug-likeness (QED) is 0.384. The van der Waals surface area contributed by atoms with Crippen molar-refractivity contribution in [2.75, 3.05) is 5.32 Å². The third-order valence-electron chi connectivity index (χ3n) is 3.75. The van der Waals surface area contributed by atoms with Crippen molar-refractivity contribution >= 4 is 49.9 Å². The third-order valence-corrected chi connectivity index (χ3v) is 4.85. The molecular formula is C18H12N2O4S. The summed E-state index contributed by atoms with van der Waals surface area (Å²) in [7, 11) is 0. The van der Waals surface area contributed by atoms with E-state index in [2.05, 4.69) is 5.32 Å². The second-order valence-corrected chi connectivity index (χ2v) is 6.49. The number of hydroxylamine groups is 1. The van der Waals surface area contributed by atoms with Gasteiger partial charge in [-0.1, -0.05) is 24.3 Å². The minimum Gasteiger partial charge on any atom is -0.451 e. The molecule has 2 heterocycles. The van der Waals surface area contributed by atoms with E-state index in [4.69, 9.17) is 9.62 Å². The Morgan fingerprint density at radius 1 is 0.960 bits per heavy atom. The van der Waals surface area contributed by atoms with Gasteiger partial charge in [-0.3, -0.25) is 14.8 Å². The van der Waals surface area contributed by atoms with E-state index < -0.39 is 5.91 Å². The van der Waals surface area contributed by atoms with Crippen LogP contribution in [0.25, 0.3) is 21.1 Å². The molecule has 25 heavy (non-hydrogen) atoms. The standard InChI is InChI=1S/C18H12N2O4S/c21-17(14-7-10-3-1-2-4-13(10)24-14)19-12-6-5-11-8-16(18(22)20-23)25-15(11)9-12/h1-9,23H,(H,19,21)(H,20,22). The second kappa shape index (κ2) is 6.04. The SMILES string of the molecule is O=C(Nc1ccc2cc(C(=O)NO)sc2c1)c1cc2ccccc2o1. The van der Waals surface area contributed by atoms with Crippen LogP contribution < -0.4 is 10.8 Å². The largest absolute Gasteiger partial charge is 0.451 e. The zero-order chi connectivity index (χ0) is 17.4. The molecule has 4 aromatic rings. The number of hydrogen-bond donors (Lipinski definition) is 3. The Morgan fingerprint density at radius 2 is 1.80 bits per heavy atom. The van der Waals surface area contributed by atoms with Gasteiger partial charge >= 0.3 is 0 Å². The van der Waals surface area contributed by atoms with Crippen LogP contribution in [0.2, 0.25) is 0 Å². The minimum atomic E-state index is -0.561. The maximum atomic E-state index is 12.4. The van der Waals surface area contributed by atoms with Gasteiger partial charge in [0.25, 0.3) is 11.8 Å². The van der Waals surface area contributed by atoms with E-state index in [9.17, 15) is 9.59 Å². The molecule has 0 bridgehead atoms. The highest BCUT2D eigenvalue weighted by molar-refractivity contribution is 7.20. The van der Waals surface area contributed by atoms with Gasteiger partial charge in [0, 0.05) is 15.8 Å². The minimum absolute atomic E-state index is 0.229. The van der Waals surface area contributed by atoms with Crippen LogP contribution >= 0.6 is 11.3 Å². The maximum Gasteiger partial charge on any atom is 0.291 e. The Balaban J connectivity index is 1.61. The van der Waals surface area contributed by atoms with Crippen molar-refractivity contribution in [1.29, 1.82) is 0 Å². The number of nitrogens with one attached hydrogen (secondary N) is 2. The summed E-state index contributed by atoms with van der Waals surface area (Å²) < 4.78 is 6.37. The Kier molecular flexibility index (Phi) is 3.72. The molecule has 0 aliphatic carbocycles. The molecule has 2 aromatic heterocycles. The summed E-state index contributed by atoms with van der Waals surface area (Å²) in [5, 5.41) is 13.2. The number of benzene rings is 2. The average Bonchev–Trinajstić information content (AvgIpc) is 3.24. The summed E-state index contributed by atoms with van der Waals surface area (Å²) in [6.07, 6.45) is 0. The van der Waals surface area contributed by atoms with Gasteiger partial charge in [-0.25, -0.2) is 5.48 Å². The van der Waals surface area contributed by atoms with Gasteiger partial charge in [0.15, 0.2) is 5.76 Å². The number of furan rings is 1. The lowest BCUT2D eigenvalue weighted by molar-refractivity contribution is 0.0711. The lowest BCUT2D eigenvalue weighted by Crippen LogP contribution is -2.16. The molecule has 0 fully saturated rings. The Bertz CT molecular complexity index is 1080. The van der Waals surface area contributed by atoms with Crippen molar-refractivity contribution in [3.8, 4) is 0 Å². The highest BCUT2D eigenvalue weighted by atomic mass is 32.1. The van der Waals surface area contributed by atoms with Crippen LogP contribution in [0.1, 0.15) is 20.2 Å². The van der Waals surface area contributed by atoms with Crippen molar-refractivity contribution in [2.45, 2.75) is 0 Å². The zero-order valence-electron chi connectivity index (χ0n) is 12.8. The molecule has 0 spiro atoms. The summed E-state index contributed by atoms with van der Waals surface area (Å²) >= 11 is 1.22. The smallest absolute Gasteiger partial charge is 0.291 e. The number of carbonyl (C=O) groups is 2. The van der Waals surface area contributed by atoms with Crippen LogP contribution in [0.15, 0.2) is 59.0 Å². The summed E-state index contributed by atoms with van der Waals surface area (Å²) in [5.74, 6) is -0.678. The van der Waals surface area contributed by atoms with Crippen molar-refractivity contribution in [2.24, 2.45) is 0 Å². The van der Waals surface area contributed by atoms with Crippen LogP contribution in [-0.4, -0.2) is 17.0 Å². The zero-order valence-corrected chi connectivity index (χ0v) is 13.6. The monoisotopic (exact) mass is 352 g/mol. The fourth-order valence-corrected chi connectivity index (χ4v) is 3.55. The second-order valence-electron chi connectivity index (χ2n) is 5.41. The van der Waals surface area contributed by atoms with Gasteiger partial charge in [0.2, 0.25) is 0 Å². The number of para-hydroxylation sites is 1. The first-order chi connectivity index (χ1) is 12.1. The van der Waals surface area contributed by atoms with Crippen LogP contribution in [0, 0.1) is 0 Å². The molecule has 3 N–H and O–H groups in total. The van der Waals surface area contributed by atoms with E-state index in [0.717, 1.165) is 15.5 Å². The van der Waals surface area contributed by atoms with Gasteiger partial charge in [-0.15, -0.1) is 11.3 Å². The molecular weight excluding hydrogens is 340 g/mol. The molecule has 7 heteroatoms. The fraction of sp³-hybridized carbons (Fsp3) is 0. The van der Waals surface area contributed by atoms with E-state index in [1.165, 1.54) is 11.3 Å². The molecule has 6 nitrogen and oxygen atoms in total. The number of amides is 2.